The number of imidazole rings is 4. The number of carbonyl (C=O) groups excluding carboxylic acids is 3. The van der Waals surface area contributed by atoms with Crippen molar-refractivity contribution in [1.29, 1.82) is 0 Å². The third kappa shape index (κ3) is 8.19. The van der Waals surface area contributed by atoms with Crippen LogP contribution in [0, 0.1) is 13.8 Å². The van der Waals surface area contributed by atoms with Crippen LogP contribution in [0.4, 0.5) is 11.4 Å². The van der Waals surface area contributed by atoms with Crippen LogP contribution in [0.15, 0.2) is 146 Å². The van der Waals surface area contributed by atoms with Crippen molar-refractivity contribution in [2.75, 3.05) is 62.2 Å². The lowest BCUT2D eigenvalue weighted by Gasteiger charge is -2.38. The molecular weight excluding hydrogens is 905 g/mol. The highest BCUT2D eigenvalue weighted by molar-refractivity contribution is 6.17. The Morgan fingerprint density at radius 2 is 0.875 bits per heavy atom. The second kappa shape index (κ2) is 18.2. The van der Waals surface area contributed by atoms with Crippen LogP contribution in [0.2, 0.25) is 0 Å². The minimum atomic E-state index is -0.173. The SMILES string of the molecule is Cc1cn(-c2cccc(C(=O)c3cccc(-n4cnc(C)c4)c3N3CCN(C(=O)c4cccc(-c5nc6ccccc6[nH]5)n4)CC3)c2N2CCN(C(=O)c3cccc(-c4nc5ccccc5[nH]4)n3)CC2)cn1. The van der Waals surface area contributed by atoms with Crippen molar-refractivity contribution in [3.05, 3.63) is 180 Å². The van der Waals surface area contributed by atoms with Crippen LogP contribution in [0.1, 0.15) is 48.3 Å². The molecule has 0 radical (unpaired) electrons. The van der Waals surface area contributed by atoms with E-state index in [1.54, 1.807) is 24.8 Å². The van der Waals surface area contributed by atoms with E-state index < -0.39 is 0 Å². The summed E-state index contributed by atoms with van der Waals surface area (Å²) in [6.45, 7) is 7.36. The Labute approximate surface area is 413 Å². The van der Waals surface area contributed by atoms with Crippen LogP contribution < -0.4 is 9.80 Å². The summed E-state index contributed by atoms with van der Waals surface area (Å²) in [5, 5.41) is 0. The van der Waals surface area contributed by atoms with Crippen molar-refractivity contribution in [3.8, 4) is 34.4 Å². The number of amides is 2. The maximum Gasteiger partial charge on any atom is 0.272 e. The minimum Gasteiger partial charge on any atom is -0.366 e. The van der Waals surface area contributed by atoms with Crippen LogP contribution in [-0.4, -0.2) is 129 Å². The maximum absolute atomic E-state index is 15.6. The van der Waals surface area contributed by atoms with E-state index in [2.05, 4.69) is 29.7 Å². The Morgan fingerprint density at radius 3 is 1.28 bits per heavy atom. The first-order valence-corrected chi connectivity index (χ1v) is 24.0. The number of hydrogen-bond donors (Lipinski definition) is 2. The number of piperazine rings is 2. The predicted molar refractivity (Wildman–Crippen MR) is 275 cm³/mol. The Morgan fingerprint density at radius 1 is 0.458 bits per heavy atom. The molecule has 2 aliphatic heterocycles. The van der Waals surface area contributed by atoms with Gasteiger partial charge in [0.05, 0.1) is 68.9 Å². The number of carbonyl (C=O) groups is 3. The largest absolute Gasteiger partial charge is 0.366 e. The second-order valence-corrected chi connectivity index (χ2v) is 18.1. The van der Waals surface area contributed by atoms with Gasteiger partial charge in [0.25, 0.3) is 11.8 Å². The molecule has 0 unspecified atom stereocenters. The standard InChI is InChI=1S/C55H48N14O3/c1-35-31-68(33-56-35)47-21-7-11-37(49(47)64-23-27-66(28-24-64)54(71)45-19-9-17-43(58-45)52-60-39-13-3-4-14-40(39)61-52)51(70)38-12-8-22-48(69-32-36(2)57-34-69)50(38)65-25-29-67(30-26-65)55(72)46-20-10-18-44(59-46)53-62-41-15-5-6-16-42(41)63-53/h3-22,31-34H,23-30H2,1-2H3,(H,60,61)(H,62,63). The molecule has 356 valence electrons. The van der Waals surface area contributed by atoms with Gasteiger partial charge in [0.1, 0.15) is 22.8 Å². The number of aromatic nitrogens is 10. The third-order valence-electron chi connectivity index (χ3n) is 13.5. The highest BCUT2D eigenvalue weighted by atomic mass is 16.2. The number of hydrogen-bond acceptors (Lipinski definition) is 11. The van der Waals surface area contributed by atoms with Crippen LogP contribution in [-0.2, 0) is 0 Å². The number of ketones is 1. The molecule has 0 saturated carbocycles. The van der Waals surface area contributed by atoms with Crippen molar-refractivity contribution in [3.63, 3.8) is 0 Å². The number of fused-ring (bicyclic) bond motifs is 2. The van der Waals surface area contributed by atoms with Crippen molar-refractivity contribution in [2.45, 2.75) is 13.8 Å². The average molecular weight is 953 g/mol. The van der Waals surface area contributed by atoms with Crippen LogP contribution in [0.5, 0.6) is 0 Å². The van der Waals surface area contributed by atoms with E-state index in [1.165, 1.54) is 0 Å². The molecule has 0 atom stereocenters. The number of pyridine rings is 2. The Bertz CT molecular complexity index is 3400. The first kappa shape index (κ1) is 44.0. The number of H-pyrrole nitrogens is 2. The van der Waals surface area contributed by atoms with Gasteiger partial charge in [-0.3, -0.25) is 14.4 Å². The summed E-state index contributed by atoms with van der Waals surface area (Å²) in [5.41, 5.74) is 11.1. The number of nitrogens with zero attached hydrogens (tertiary/aromatic N) is 12. The van der Waals surface area contributed by atoms with Crippen molar-refractivity contribution in [2.24, 2.45) is 0 Å². The lowest BCUT2D eigenvalue weighted by atomic mass is 9.96. The van der Waals surface area contributed by atoms with E-state index in [1.807, 2.05) is 154 Å². The van der Waals surface area contributed by atoms with Gasteiger partial charge in [-0.15, -0.1) is 0 Å². The molecule has 2 N–H and O–H groups in total. The molecule has 2 fully saturated rings. The molecule has 6 aromatic heterocycles. The second-order valence-electron chi connectivity index (χ2n) is 18.1. The third-order valence-corrected chi connectivity index (χ3v) is 13.5. The zero-order valence-electron chi connectivity index (χ0n) is 39.6. The number of nitrogens with one attached hydrogen (secondary N) is 2. The minimum absolute atomic E-state index is 0.160. The number of aromatic amines is 2. The fourth-order valence-corrected chi connectivity index (χ4v) is 9.87. The molecule has 0 aliphatic carbocycles. The zero-order valence-corrected chi connectivity index (χ0v) is 39.6. The van der Waals surface area contributed by atoms with Gasteiger partial charge in [-0.25, -0.2) is 29.9 Å². The Hall–Kier alpha value is -9.25. The van der Waals surface area contributed by atoms with Gasteiger partial charge < -0.3 is 38.7 Å². The molecule has 17 heteroatoms. The summed E-state index contributed by atoms with van der Waals surface area (Å²) >= 11 is 0. The number of anilines is 2. The molecule has 0 bridgehead atoms. The quantitative estimate of drug-likeness (QED) is 0.128. The fourth-order valence-electron chi connectivity index (χ4n) is 9.87. The monoisotopic (exact) mass is 952 g/mol. The van der Waals surface area contributed by atoms with Crippen LogP contribution >= 0.6 is 0 Å². The van der Waals surface area contributed by atoms with Gasteiger partial charge in [-0.05, 0) is 86.6 Å². The zero-order chi connectivity index (χ0) is 48.9. The van der Waals surface area contributed by atoms with E-state index in [0.29, 0.717) is 97.9 Å². The average Bonchev–Trinajstić information content (AvgIpc) is 4.27. The fraction of sp³-hybridized carbons (Fsp3) is 0.182. The van der Waals surface area contributed by atoms with E-state index in [0.717, 1.165) is 56.2 Å². The molecule has 17 nitrogen and oxygen atoms in total. The van der Waals surface area contributed by atoms with E-state index in [9.17, 15) is 9.59 Å². The van der Waals surface area contributed by atoms with Crippen LogP contribution in [0.3, 0.4) is 0 Å². The Balaban J connectivity index is 0.830. The number of rotatable bonds is 10. The molecule has 10 aromatic rings. The predicted octanol–water partition coefficient (Wildman–Crippen LogP) is 7.71. The van der Waals surface area contributed by atoms with Gasteiger partial charge >= 0.3 is 0 Å². The Kier molecular flexibility index (Phi) is 11.1. The van der Waals surface area contributed by atoms with Gasteiger partial charge in [0, 0.05) is 75.9 Å². The molecule has 2 amide bonds. The molecule has 8 heterocycles. The maximum atomic E-state index is 15.6. The van der Waals surface area contributed by atoms with E-state index >= 15 is 4.79 Å². The van der Waals surface area contributed by atoms with Gasteiger partial charge in [0.2, 0.25) is 0 Å². The first-order chi connectivity index (χ1) is 35.2. The highest BCUT2D eigenvalue weighted by Gasteiger charge is 2.32. The highest BCUT2D eigenvalue weighted by Crippen LogP contribution is 2.37. The molecule has 4 aromatic carbocycles. The number of aryl methyl sites for hydroxylation is 2. The van der Waals surface area contributed by atoms with Crippen LogP contribution in [0.25, 0.3) is 56.5 Å². The molecule has 72 heavy (non-hydrogen) atoms. The molecule has 0 spiro atoms. The lowest BCUT2D eigenvalue weighted by Crippen LogP contribution is -2.50. The first-order valence-electron chi connectivity index (χ1n) is 24.0. The van der Waals surface area contributed by atoms with Gasteiger partial charge in [-0.2, -0.15) is 0 Å². The number of para-hydroxylation sites is 6. The normalized spacial score (nSPS) is 14.1. The number of benzene rings is 4. The van der Waals surface area contributed by atoms with Crippen molar-refractivity contribution >= 4 is 51.0 Å². The summed E-state index contributed by atoms with van der Waals surface area (Å²) < 4.78 is 3.91. The topological polar surface area (TPSA) is 183 Å². The summed E-state index contributed by atoms with van der Waals surface area (Å²) in [5.74, 6) is 0.689. The van der Waals surface area contributed by atoms with Crippen molar-refractivity contribution < 1.29 is 14.4 Å². The van der Waals surface area contributed by atoms with Gasteiger partial charge in [-0.1, -0.05) is 48.5 Å². The van der Waals surface area contributed by atoms with Crippen molar-refractivity contribution in [1.82, 2.24) is 58.8 Å². The summed E-state index contributed by atoms with van der Waals surface area (Å²) in [7, 11) is 0. The molecule has 2 saturated heterocycles. The molecule has 12 rings (SSSR count). The lowest BCUT2D eigenvalue weighted by molar-refractivity contribution is 0.0733. The van der Waals surface area contributed by atoms with Gasteiger partial charge in [0.15, 0.2) is 17.4 Å². The summed E-state index contributed by atoms with van der Waals surface area (Å²) in [6.07, 6.45) is 7.43. The van der Waals surface area contributed by atoms with E-state index in [-0.39, 0.29) is 17.6 Å². The molecule has 2 aliphatic rings. The smallest absolute Gasteiger partial charge is 0.272 e. The van der Waals surface area contributed by atoms with E-state index in [4.69, 9.17) is 19.9 Å². The molecular formula is C55H48N14O3. The summed E-state index contributed by atoms with van der Waals surface area (Å²) in [4.78, 5) is 86.5. The summed E-state index contributed by atoms with van der Waals surface area (Å²) in [6, 6.07) is 38.0.